The first kappa shape index (κ1) is 20.9. The van der Waals surface area contributed by atoms with Gasteiger partial charge in [0.05, 0.1) is 23.6 Å². The zero-order chi connectivity index (χ0) is 20.6. The Morgan fingerprint density at radius 1 is 1.10 bits per heavy atom. The molecule has 1 N–H and O–H groups in total. The van der Waals surface area contributed by atoms with E-state index < -0.39 is 22.2 Å². The van der Waals surface area contributed by atoms with Crippen LogP contribution in [0.25, 0.3) is 0 Å². The standard InChI is InChI=1S/C20H27ClN2O5S/c21-14-6-9-17(10-7-14)29(26,27)23-15-3-1-5-18(23)19(11-8-15)28-20(25)22-12-2-4-16(22)13-24/h6-7,9-10,15-16,18-19,24H,1-5,8,11-13H2/t15?,16-,18?,19-/m0/s1. The molecule has 9 heteroatoms. The highest BCUT2D eigenvalue weighted by Crippen LogP contribution is 2.39. The number of hydrogen-bond donors (Lipinski definition) is 1. The Morgan fingerprint density at radius 3 is 2.59 bits per heavy atom. The van der Waals surface area contributed by atoms with Crippen molar-refractivity contribution in [3.63, 3.8) is 0 Å². The van der Waals surface area contributed by atoms with Crippen LogP contribution in [-0.2, 0) is 14.8 Å². The third-order valence-electron chi connectivity index (χ3n) is 6.40. The van der Waals surface area contributed by atoms with Crippen molar-refractivity contribution in [3.05, 3.63) is 29.3 Å². The fourth-order valence-corrected chi connectivity index (χ4v) is 7.01. The molecule has 3 aliphatic rings. The Kier molecular flexibility index (Phi) is 6.06. The summed E-state index contributed by atoms with van der Waals surface area (Å²) in [5.74, 6) is 0. The Bertz CT molecular complexity index is 847. The van der Waals surface area contributed by atoms with Crippen LogP contribution in [0.2, 0.25) is 5.02 Å². The largest absolute Gasteiger partial charge is 0.444 e. The highest BCUT2D eigenvalue weighted by Gasteiger charge is 2.48. The Balaban J connectivity index is 1.56. The van der Waals surface area contributed by atoms with Crippen LogP contribution < -0.4 is 0 Å². The van der Waals surface area contributed by atoms with E-state index in [0.717, 1.165) is 25.7 Å². The van der Waals surface area contributed by atoms with Crippen molar-refractivity contribution in [2.24, 2.45) is 0 Å². The summed E-state index contributed by atoms with van der Waals surface area (Å²) in [7, 11) is -3.71. The lowest BCUT2D eigenvalue weighted by Gasteiger charge is -2.48. The second-order valence-electron chi connectivity index (χ2n) is 8.11. The van der Waals surface area contributed by atoms with E-state index in [1.807, 2.05) is 0 Å². The smallest absolute Gasteiger partial charge is 0.410 e. The van der Waals surface area contributed by atoms with Crippen LogP contribution in [0.4, 0.5) is 4.79 Å². The lowest BCUT2D eigenvalue weighted by molar-refractivity contribution is -0.0278. The summed E-state index contributed by atoms with van der Waals surface area (Å²) in [6.07, 6.45) is 4.43. The molecule has 0 radical (unpaired) electrons. The monoisotopic (exact) mass is 442 g/mol. The fraction of sp³-hybridized carbons (Fsp3) is 0.650. The maximum absolute atomic E-state index is 13.4. The average Bonchev–Trinajstić information content (AvgIpc) is 3.19. The van der Waals surface area contributed by atoms with Crippen LogP contribution in [0.1, 0.15) is 44.9 Å². The Labute approximate surface area is 176 Å². The number of ether oxygens (including phenoxy) is 1. The molecule has 3 aliphatic heterocycles. The number of amides is 1. The van der Waals surface area contributed by atoms with Crippen LogP contribution in [0.3, 0.4) is 0 Å². The number of rotatable bonds is 4. The molecular weight excluding hydrogens is 416 g/mol. The zero-order valence-corrected chi connectivity index (χ0v) is 17.8. The van der Waals surface area contributed by atoms with Gasteiger partial charge in [0.15, 0.2) is 0 Å². The summed E-state index contributed by atoms with van der Waals surface area (Å²) in [5, 5.41) is 9.97. The van der Waals surface area contributed by atoms with Gasteiger partial charge in [-0.05, 0) is 62.8 Å². The summed E-state index contributed by atoms with van der Waals surface area (Å²) in [5.41, 5.74) is 0. The Morgan fingerprint density at radius 2 is 1.86 bits per heavy atom. The predicted molar refractivity (Wildman–Crippen MR) is 108 cm³/mol. The van der Waals surface area contributed by atoms with E-state index in [4.69, 9.17) is 16.3 Å². The number of sulfonamides is 1. The number of benzene rings is 1. The summed E-state index contributed by atoms with van der Waals surface area (Å²) in [6, 6.07) is 5.57. The van der Waals surface area contributed by atoms with E-state index >= 15 is 0 Å². The first-order valence-electron chi connectivity index (χ1n) is 10.3. The molecule has 1 aromatic carbocycles. The van der Waals surface area contributed by atoms with Crippen LogP contribution in [0.5, 0.6) is 0 Å². The van der Waals surface area contributed by atoms with Crippen molar-refractivity contribution < 1.29 is 23.1 Å². The molecule has 3 heterocycles. The molecule has 0 aliphatic carbocycles. The molecule has 3 fully saturated rings. The molecule has 4 atom stereocenters. The summed E-state index contributed by atoms with van der Waals surface area (Å²) in [4.78, 5) is 14.5. The zero-order valence-electron chi connectivity index (χ0n) is 16.2. The molecule has 3 saturated heterocycles. The fourth-order valence-electron chi connectivity index (χ4n) is 4.96. The third kappa shape index (κ3) is 4.00. The SMILES string of the molecule is O=C(O[C@H]1CCC2CCCC1N2S(=O)(=O)c1ccc(Cl)cc1)N1CCC[C@H]1CO. The minimum absolute atomic E-state index is 0.0682. The van der Waals surface area contributed by atoms with Gasteiger partial charge in [-0.1, -0.05) is 18.0 Å². The van der Waals surface area contributed by atoms with Crippen molar-refractivity contribution >= 4 is 27.7 Å². The van der Waals surface area contributed by atoms with Crippen molar-refractivity contribution in [2.45, 2.75) is 74.1 Å². The number of aliphatic hydroxyl groups excluding tert-OH is 1. The molecule has 2 unspecified atom stereocenters. The lowest BCUT2D eigenvalue weighted by atomic mass is 9.85. The second-order valence-corrected chi connectivity index (χ2v) is 10.4. The number of piperidine rings is 2. The van der Waals surface area contributed by atoms with Gasteiger partial charge in [-0.2, -0.15) is 4.31 Å². The molecule has 0 aromatic heterocycles. The number of hydrogen-bond acceptors (Lipinski definition) is 5. The second kappa shape index (κ2) is 8.41. The van der Waals surface area contributed by atoms with Gasteiger partial charge < -0.3 is 14.7 Å². The Hall–Kier alpha value is -1.35. The van der Waals surface area contributed by atoms with E-state index in [-0.39, 0.29) is 29.6 Å². The normalized spacial score (nSPS) is 30.3. The minimum Gasteiger partial charge on any atom is -0.444 e. The molecular formula is C20H27ClN2O5S. The highest BCUT2D eigenvalue weighted by molar-refractivity contribution is 7.89. The molecule has 7 nitrogen and oxygen atoms in total. The maximum atomic E-state index is 13.4. The van der Waals surface area contributed by atoms with Gasteiger partial charge in [0.1, 0.15) is 6.10 Å². The third-order valence-corrected chi connectivity index (χ3v) is 8.65. The van der Waals surface area contributed by atoms with Gasteiger partial charge in [0.2, 0.25) is 10.0 Å². The molecule has 160 valence electrons. The maximum Gasteiger partial charge on any atom is 0.410 e. The first-order chi connectivity index (χ1) is 13.9. The predicted octanol–water partition coefficient (Wildman–Crippen LogP) is 3.01. The van der Waals surface area contributed by atoms with Crippen molar-refractivity contribution in [3.8, 4) is 0 Å². The highest BCUT2D eigenvalue weighted by atomic mass is 35.5. The molecule has 29 heavy (non-hydrogen) atoms. The van der Waals surface area contributed by atoms with E-state index in [0.29, 0.717) is 30.8 Å². The number of carbonyl (C=O) groups is 1. The van der Waals surface area contributed by atoms with Gasteiger partial charge in [-0.3, -0.25) is 0 Å². The molecule has 0 spiro atoms. The van der Waals surface area contributed by atoms with Crippen LogP contribution >= 0.6 is 11.6 Å². The van der Waals surface area contributed by atoms with Crippen molar-refractivity contribution in [2.75, 3.05) is 13.2 Å². The molecule has 0 saturated carbocycles. The van der Waals surface area contributed by atoms with Gasteiger partial charge in [-0.25, -0.2) is 13.2 Å². The van der Waals surface area contributed by atoms with Crippen molar-refractivity contribution in [1.82, 2.24) is 9.21 Å². The van der Waals surface area contributed by atoms with Gasteiger partial charge in [-0.15, -0.1) is 0 Å². The lowest BCUT2D eigenvalue weighted by Crippen LogP contribution is -2.59. The summed E-state index contributed by atoms with van der Waals surface area (Å²) >= 11 is 5.92. The first-order valence-corrected chi connectivity index (χ1v) is 12.1. The van der Waals surface area contributed by atoms with Crippen LogP contribution in [-0.4, -0.2) is 66.2 Å². The van der Waals surface area contributed by atoms with Gasteiger partial charge >= 0.3 is 6.09 Å². The van der Waals surface area contributed by atoms with Crippen molar-refractivity contribution in [1.29, 1.82) is 0 Å². The van der Waals surface area contributed by atoms with E-state index in [1.165, 1.54) is 12.1 Å². The van der Waals surface area contributed by atoms with E-state index in [1.54, 1.807) is 21.3 Å². The van der Waals surface area contributed by atoms with Crippen LogP contribution in [0, 0.1) is 0 Å². The van der Waals surface area contributed by atoms with Gasteiger partial charge in [0.25, 0.3) is 0 Å². The number of nitrogens with zero attached hydrogens (tertiary/aromatic N) is 2. The van der Waals surface area contributed by atoms with Gasteiger partial charge in [0, 0.05) is 17.6 Å². The quantitative estimate of drug-likeness (QED) is 0.774. The summed E-state index contributed by atoms with van der Waals surface area (Å²) in [6.45, 7) is 0.485. The number of carbonyl (C=O) groups excluding carboxylic acids is 1. The number of aliphatic hydroxyl groups is 1. The number of halogens is 1. The average molecular weight is 443 g/mol. The molecule has 2 bridgehead atoms. The number of fused-ring (bicyclic) bond motifs is 2. The van der Waals surface area contributed by atoms with E-state index in [9.17, 15) is 18.3 Å². The number of likely N-dealkylation sites (tertiary alicyclic amines) is 1. The molecule has 1 aromatic rings. The minimum atomic E-state index is -3.71. The molecule has 4 rings (SSSR count). The topological polar surface area (TPSA) is 87.2 Å². The van der Waals surface area contributed by atoms with E-state index in [2.05, 4.69) is 0 Å². The summed E-state index contributed by atoms with van der Waals surface area (Å²) < 4.78 is 34.2. The molecule has 1 amide bonds. The van der Waals surface area contributed by atoms with Crippen LogP contribution in [0.15, 0.2) is 29.2 Å².